The molecule has 5 heteroatoms. The summed E-state index contributed by atoms with van der Waals surface area (Å²) < 4.78 is 5.38. The number of aryl methyl sites for hydroxylation is 1. The molecule has 0 bridgehead atoms. The summed E-state index contributed by atoms with van der Waals surface area (Å²) in [5, 5.41) is 8.06. The maximum Gasteiger partial charge on any atom is 0.279 e. The predicted molar refractivity (Wildman–Crippen MR) is 86.6 cm³/mol. The van der Waals surface area contributed by atoms with Gasteiger partial charge < -0.3 is 9.32 Å². The minimum Gasteiger partial charge on any atom is -0.460 e. The van der Waals surface area contributed by atoms with Gasteiger partial charge >= 0.3 is 0 Å². The van der Waals surface area contributed by atoms with Gasteiger partial charge in [0.05, 0.1) is 11.9 Å². The smallest absolute Gasteiger partial charge is 0.279 e. The fourth-order valence-corrected chi connectivity index (χ4v) is 2.34. The number of para-hydroxylation sites is 1. The molecule has 0 radical (unpaired) electrons. The first-order chi connectivity index (χ1) is 10.7. The van der Waals surface area contributed by atoms with Crippen LogP contribution in [0.25, 0.3) is 0 Å². The number of carbonyl (C=O) groups excluding carboxylic acids is 1. The number of rotatable bonds is 4. The van der Waals surface area contributed by atoms with E-state index in [9.17, 15) is 4.79 Å². The van der Waals surface area contributed by atoms with Crippen LogP contribution in [0.4, 0.5) is 5.69 Å². The molecule has 0 fully saturated rings. The summed E-state index contributed by atoms with van der Waals surface area (Å²) in [6, 6.07) is 11.2. The van der Waals surface area contributed by atoms with E-state index in [2.05, 4.69) is 16.8 Å². The topological polar surface area (TPSA) is 58.2 Å². The zero-order valence-electron chi connectivity index (χ0n) is 12.2. The average Bonchev–Trinajstić information content (AvgIpc) is 3.04. The summed E-state index contributed by atoms with van der Waals surface area (Å²) in [7, 11) is 0. The number of hydrogen-bond acceptors (Lipinski definition) is 4. The molecule has 0 saturated heterocycles. The van der Waals surface area contributed by atoms with Gasteiger partial charge in [-0.3, -0.25) is 4.79 Å². The van der Waals surface area contributed by atoms with E-state index in [-0.39, 0.29) is 5.91 Å². The Hall–Kier alpha value is -2.95. The molecular weight excluding hydrogens is 278 g/mol. The van der Waals surface area contributed by atoms with Gasteiger partial charge in [0.15, 0.2) is 5.71 Å². The second-order valence-corrected chi connectivity index (χ2v) is 4.86. The molecule has 22 heavy (non-hydrogen) atoms. The third-order valence-electron chi connectivity index (χ3n) is 3.31. The van der Waals surface area contributed by atoms with E-state index in [1.165, 1.54) is 6.21 Å². The summed E-state index contributed by atoms with van der Waals surface area (Å²) in [6.45, 7) is 5.98. The first kappa shape index (κ1) is 14.0. The van der Waals surface area contributed by atoms with Crippen molar-refractivity contribution in [3.63, 3.8) is 0 Å². The number of nitrogens with zero attached hydrogens (tertiary/aromatic N) is 3. The lowest BCUT2D eigenvalue weighted by molar-refractivity contribution is -0.112. The highest BCUT2D eigenvalue weighted by Crippen LogP contribution is 2.28. The number of benzene rings is 1. The highest BCUT2D eigenvalue weighted by atomic mass is 16.3. The number of furan rings is 1. The van der Waals surface area contributed by atoms with Crippen LogP contribution < -0.4 is 4.90 Å². The second-order valence-electron chi connectivity index (χ2n) is 4.86. The van der Waals surface area contributed by atoms with Crippen molar-refractivity contribution in [3.05, 3.63) is 66.1 Å². The molecule has 3 rings (SSSR count). The Balaban J connectivity index is 1.93. The fourth-order valence-electron chi connectivity index (χ4n) is 2.34. The van der Waals surface area contributed by atoms with E-state index in [0.717, 1.165) is 17.0 Å². The summed E-state index contributed by atoms with van der Waals surface area (Å²) in [4.78, 5) is 14.1. The van der Waals surface area contributed by atoms with E-state index in [1.807, 2.05) is 37.3 Å². The Morgan fingerprint density at radius 1 is 1.27 bits per heavy atom. The lowest BCUT2D eigenvalue weighted by Crippen LogP contribution is -2.30. The molecule has 0 spiro atoms. The summed E-state index contributed by atoms with van der Waals surface area (Å²) in [5.41, 5.74) is 1.94. The Labute approximate surface area is 128 Å². The second kappa shape index (κ2) is 5.81. The van der Waals surface area contributed by atoms with Gasteiger partial charge in [0.1, 0.15) is 11.5 Å². The Morgan fingerprint density at radius 3 is 2.82 bits per heavy atom. The molecule has 0 saturated carbocycles. The minimum atomic E-state index is -0.172. The highest BCUT2D eigenvalue weighted by molar-refractivity contribution is 6.54. The van der Waals surface area contributed by atoms with Gasteiger partial charge in [-0.1, -0.05) is 24.3 Å². The number of amides is 1. The van der Waals surface area contributed by atoms with Gasteiger partial charge in [-0.15, -0.1) is 11.7 Å². The Bertz CT molecular complexity index is 787. The molecule has 110 valence electrons. The molecule has 0 aliphatic carbocycles. The SMILES string of the molecule is C=CCN1C(=O)/C(=N/N=C\c2ccc(C)o2)c2ccccc21. The first-order valence-corrected chi connectivity index (χ1v) is 6.90. The summed E-state index contributed by atoms with van der Waals surface area (Å²) >= 11 is 0. The van der Waals surface area contributed by atoms with E-state index >= 15 is 0 Å². The summed E-state index contributed by atoms with van der Waals surface area (Å²) in [5.74, 6) is 1.23. The third-order valence-corrected chi connectivity index (χ3v) is 3.31. The first-order valence-electron chi connectivity index (χ1n) is 6.90. The van der Waals surface area contributed by atoms with Crippen LogP contribution in [0, 0.1) is 6.92 Å². The van der Waals surface area contributed by atoms with Gasteiger partial charge in [-0.2, -0.15) is 5.10 Å². The van der Waals surface area contributed by atoms with Crippen LogP contribution in [0.15, 0.2) is 63.7 Å². The van der Waals surface area contributed by atoms with Crippen LogP contribution in [0.3, 0.4) is 0 Å². The average molecular weight is 293 g/mol. The van der Waals surface area contributed by atoms with Crippen LogP contribution >= 0.6 is 0 Å². The molecule has 0 atom stereocenters. The van der Waals surface area contributed by atoms with E-state index in [1.54, 1.807) is 17.0 Å². The Kier molecular flexibility index (Phi) is 3.70. The van der Waals surface area contributed by atoms with Crippen LogP contribution in [0.2, 0.25) is 0 Å². The summed E-state index contributed by atoms with van der Waals surface area (Å²) in [6.07, 6.45) is 3.18. The van der Waals surface area contributed by atoms with Crippen molar-refractivity contribution in [1.82, 2.24) is 0 Å². The van der Waals surface area contributed by atoms with Gasteiger partial charge in [0.2, 0.25) is 0 Å². The van der Waals surface area contributed by atoms with Crippen molar-refractivity contribution in [3.8, 4) is 0 Å². The van der Waals surface area contributed by atoms with E-state index in [4.69, 9.17) is 4.42 Å². The highest BCUT2D eigenvalue weighted by Gasteiger charge is 2.32. The normalized spacial score (nSPS) is 15.8. The van der Waals surface area contributed by atoms with Crippen molar-refractivity contribution in [2.24, 2.45) is 10.2 Å². The van der Waals surface area contributed by atoms with Gasteiger partial charge in [-0.05, 0) is 25.1 Å². The number of hydrogen-bond donors (Lipinski definition) is 0. The fraction of sp³-hybridized carbons (Fsp3) is 0.118. The molecule has 1 amide bonds. The molecule has 0 N–H and O–H groups in total. The minimum absolute atomic E-state index is 0.172. The third kappa shape index (κ3) is 2.48. The lowest BCUT2D eigenvalue weighted by atomic mass is 10.1. The van der Waals surface area contributed by atoms with Crippen molar-refractivity contribution in [1.29, 1.82) is 0 Å². The maximum absolute atomic E-state index is 12.4. The largest absolute Gasteiger partial charge is 0.460 e. The molecule has 2 aromatic rings. The van der Waals surface area contributed by atoms with E-state index in [0.29, 0.717) is 18.0 Å². The van der Waals surface area contributed by atoms with Crippen LogP contribution in [-0.2, 0) is 4.79 Å². The van der Waals surface area contributed by atoms with Crippen molar-refractivity contribution < 1.29 is 9.21 Å². The molecule has 2 heterocycles. The molecule has 1 aliphatic heterocycles. The van der Waals surface area contributed by atoms with Crippen molar-refractivity contribution in [2.75, 3.05) is 11.4 Å². The molecule has 0 unspecified atom stereocenters. The van der Waals surface area contributed by atoms with Crippen molar-refractivity contribution in [2.45, 2.75) is 6.92 Å². The van der Waals surface area contributed by atoms with Gasteiger partial charge in [-0.25, -0.2) is 0 Å². The molecule has 1 aromatic carbocycles. The molecule has 1 aromatic heterocycles. The predicted octanol–water partition coefficient (Wildman–Crippen LogP) is 2.94. The molecule has 5 nitrogen and oxygen atoms in total. The van der Waals surface area contributed by atoms with Gasteiger partial charge in [0, 0.05) is 12.1 Å². The lowest BCUT2D eigenvalue weighted by Gasteiger charge is -2.13. The zero-order chi connectivity index (χ0) is 15.5. The quantitative estimate of drug-likeness (QED) is 0.494. The standard InChI is InChI=1S/C17H15N3O2/c1-3-10-20-15-7-5-4-6-14(15)16(17(20)21)19-18-11-13-9-8-12(2)22-13/h3-9,11H,1,10H2,2H3/b18-11-,19-16+. The van der Waals surface area contributed by atoms with Crippen LogP contribution in [0.1, 0.15) is 17.1 Å². The molecule has 1 aliphatic rings. The monoisotopic (exact) mass is 293 g/mol. The van der Waals surface area contributed by atoms with Gasteiger partial charge in [0.25, 0.3) is 5.91 Å². The number of fused-ring (bicyclic) bond motifs is 1. The van der Waals surface area contributed by atoms with Crippen LogP contribution in [0.5, 0.6) is 0 Å². The zero-order valence-corrected chi connectivity index (χ0v) is 12.2. The van der Waals surface area contributed by atoms with Crippen molar-refractivity contribution >= 4 is 23.5 Å². The maximum atomic E-state index is 12.4. The van der Waals surface area contributed by atoms with E-state index < -0.39 is 0 Å². The number of carbonyl (C=O) groups is 1. The Morgan fingerprint density at radius 2 is 2.09 bits per heavy atom. The number of anilines is 1. The molecular formula is C17H15N3O2. The van der Waals surface area contributed by atoms with Crippen LogP contribution in [-0.4, -0.2) is 24.4 Å².